The molecule has 1 aromatic rings. The molecule has 0 saturated heterocycles. The van der Waals surface area contributed by atoms with E-state index in [-0.39, 0.29) is 5.15 Å². The van der Waals surface area contributed by atoms with Gasteiger partial charge in [0.2, 0.25) is 5.75 Å². The standard InChI is InChI=1S/C9H13ClN2O2/c1-6(2)4-14-9-7(13-3)8(10)11-5-12-9/h5-6H,4H2,1-3H3. The van der Waals surface area contributed by atoms with Crippen LogP contribution in [0.1, 0.15) is 13.8 Å². The number of methoxy groups -OCH3 is 1. The fraction of sp³-hybridized carbons (Fsp3) is 0.556. The minimum atomic E-state index is 0.265. The Balaban J connectivity index is 2.80. The fourth-order valence-electron chi connectivity index (χ4n) is 0.857. The maximum absolute atomic E-state index is 5.79. The predicted octanol–water partition coefficient (Wildman–Crippen LogP) is 2.17. The van der Waals surface area contributed by atoms with E-state index in [0.717, 1.165) is 0 Å². The first-order valence-corrected chi connectivity index (χ1v) is 4.70. The highest BCUT2D eigenvalue weighted by Gasteiger charge is 2.11. The second-order valence-electron chi connectivity index (χ2n) is 3.21. The van der Waals surface area contributed by atoms with E-state index in [0.29, 0.717) is 24.2 Å². The summed E-state index contributed by atoms with van der Waals surface area (Å²) in [6.07, 6.45) is 1.35. The lowest BCUT2D eigenvalue weighted by molar-refractivity contribution is 0.246. The topological polar surface area (TPSA) is 44.2 Å². The number of halogens is 1. The van der Waals surface area contributed by atoms with Crippen molar-refractivity contribution >= 4 is 11.6 Å². The highest BCUT2D eigenvalue weighted by atomic mass is 35.5. The number of hydrogen-bond acceptors (Lipinski definition) is 4. The molecule has 0 aliphatic carbocycles. The molecule has 0 aromatic carbocycles. The molecule has 1 aromatic heterocycles. The Morgan fingerprint density at radius 2 is 2.14 bits per heavy atom. The average molecular weight is 217 g/mol. The maximum Gasteiger partial charge on any atom is 0.261 e. The zero-order valence-electron chi connectivity index (χ0n) is 8.45. The lowest BCUT2D eigenvalue weighted by atomic mass is 10.2. The van der Waals surface area contributed by atoms with Crippen molar-refractivity contribution in [1.82, 2.24) is 9.97 Å². The summed E-state index contributed by atoms with van der Waals surface area (Å²) in [4.78, 5) is 7.73. The quantitative estimate of drug-likeness (QED) is 0.724. The number of nitrogens with zero attached hydrogens (tertiary/aromatic N) is 2. The molecule has 78 valence electrons. The van der Waals surface area contributed by atoms with E-state index < -0.39 is 0 Å². The van der Waals surface area contributed by atoms with Gasteiger partial charge in [-0.25, -0.2) is 4.98 Å². The van der Waals surface area contributed by atoms with Crippen LogP contribution in [0.4, 0.5) is 0 Å². The average Bonchev–Trinajstić information content (AvgIpc) is 2.14. The fourth-order valence-corrected chi connectivity index (χ4v) is 1.06. The molecule has 0 unspecified atom stereocenters. The smallest absolute Gasteiger partial charge is 0.261 e. The molecule has 4 nitrogen and oxygen atoms in total. The van der Waals surface area contributed by atoms with E-state index in [1.54, 1.807) is 0 Å². The Labute approximate surface area is 88.2 Å². The van der Waals surface area contributed by atoms with Crippen molar-refractivity contribution < 1.29 is 9.47 Å². The molecular weight excluding hydrogens is 204 g/mol. The molecule has 0 aliphatic heterocycles. The molecule has 0 bridgehead atoms. The summed E-state index contributed by atoms with van der Waals surface area (Å²) in [6, 6.07) is 0. The maximum atomic E-state index is 5.79. The molecular formula is C9H13ClN2O2. The van der Waals surface area contributed by atoms with E-state index in [9.17, 15) is 0 Å². The van der Waals surface area contributed by atoms with Crippen LogP contribution in [-0.4, -0.2) is 23.7 Å². The normalized spacial score (nSPS) is 10.4. The molecule has 0 saturated carbocycles. The SMILES string of the molecule is COc1c(Cl)ncnc1OCC(C)C. The predicted molar refractivity (Wildman–Crippen MR) is 53.9 cm³/mol. The van der Waals surface area contributed by atoms with Gasteiger partial charge in [0.25, 0.3) is 5.88 Å². The van der Waals surface area contributed by atoms with E-state index in [2.05, 4.69) is 23.8 Å². The van der Waals surface area contributed by atoms with Crippen LogP contribution in [-0.2, 0) is 0 Å². The lowest BCUT2D eigenvalue weighted by Crippen LogP contribution is -2.07. The van der Waals surface area contributed by atoms with Crippen LogP contribution in [0.3, 0.4) is 0 Å². The van der Waals surface area contributed by atoms with Crippen molar-refractivity contribution in [3.8, 4) is 11.6 Å². The van der Waals surface area contributed by atoms with E-state index >= 15 is 0 Å². The molecule has 0 spiro atoms. The Kier molecular flexibility index (Phi) is 3.95. The summed E-state index contributed by atoms with van der Waals surface area (Å²) in [5, 5.41) is 0.265. The Morgan fingerprint density at radius 3 is 2.71 bits per heavy atom. The van der Waals surface area contributed by atoms with Gasteiger partial charge in [-0.2, -0.15) is 4.98 Å². The summed E-state index contributed by atoms with van der Waals surface area (Å²) in [5.74, 6) is 1.20. The number of hydrogen-bond donors (Lipinski definition) is 0. The van der Waals surface area contributed by atoms with Gasteiger partial charge in [-0.05, 0) is 5.92 Å². The first kappa shape index (κ1) is 11.0. The zero-order valence-corrected chi connectivity index (χ0v) is 9.21. The van der Waals surface area contributed by atoms with Gasteiger partial charge in [0.15, 0.2) is 5.15 Å². The Bertz CT molecular complexity index is 305. The third-order valence-corrected chi connectivity index (χ3v) is 1.75. The minimum Gasteiger partial charge on any atom is -0.489 e. The lowest BCUT2D eigenvalue weighted by Gasteiger charge is -2.10. The van der Waals surface area contributed by atoms with Crippen molar-refractivity contribution in [2.24, 2.45) is 5.92 Å². The molecule has 0 atom stereocenters. The third-order valence-electron chi connectivity index (χ3n) is 1.49. The van der Waals surface area contributed by atoms with Crippen LogP contribution >= 0.6 is 11.6 Å². The van der Waals surface area contributed by atoms with Gasteiger partial charge in [0, 0.05) is 0 Å². The first-order valence-electron chi connectivity index (χ1n) is 4.32. The largest absolute Gasteiger partial charge is 0.489 e. The van der Waals surface area contributed by atoms with Crippen molar-refractivity contribution in [1.29, 1.82) is 0 Å². The summed E-state index contributed by atoms with van der Waals surface area (Å²) in [6.45, 7) is 4.67. The van der Waals surface area contributed by atoms with Crippen LogP contribution in [0.5, 0.6) is 11.6 Å². The van der Waals surface area contributed by atoms with Crippen LogP contribution in [0.2, 0.25) is 5.15 Å². The van der Waals surface area contributed by atoms with E-state index in [1.165, 1.54) is 13.4 Å². The summed E-state index contributed by atoms with van der Waals surface area (Å²) in [5.41, 5.74) is 0. The molecule has 0 fully saturated rings. The molecule has 0 N–H and O–H groups in total. The zero-order chi connectivity index (χ0) is 10.6. The molecule has 0 aliphatic rings. The molecule has 0 radical (unpaired) electrons. The Hall–Kier alpha value is -1.03. The van der Waals surface area contributed by atoms with E-state index in [1.807, 2.05) is 0 Å². The molecule has 1 rings (SSSR count). The van der Waals surface area contributed by atoms with Gasteiger partial charge in [-0.15, -0.1) is 0 Å². The number of rotatable bonds is 4. The first-order chi connectivity index (χ1) is 6.65. The van der Waals surface area contributed by atoms with Crippen LogP contribution in [0, 0.1) is 5.92 Å². The van der Waals surface area contributed by atoms with Gasteiger partial charge in [-0.1, -0.05) is 25.4 Å². The van der Waals surface area contributed by atoms with E-state index in [4.69, 9.17) is 21.1 Å². The van der Waals surface area contributed by atoms with Gasteiger partial charge in [0.05, 0.1) is 13.7 Å². The van der Waals surface area contributed by atoms with Crippen LogP contribution in [0.15, 0.2) is 6.33 Å². The minimum absolute atomic E-state index is 0.265. The number of ether oxygens (including phenoxy) is 2. The van der Waals surface area contributed by atoms with Gasteiger partial charge < -0.3 is 9.47 Å². The highest BCUT2D eigenvalue weighted by Crippen LogP contribution is 2.30. The third kappa shape index (κ3) is 2.73. The number of aromatic nitrogens is 2. The molecule has 0 amide bonds. The second kappa shape index (κ2) is 5.00. The van der Waals surface area contributed by atoms with Crippen molar-refractivity contribution in [3.05, 3.63) is 11.5 Å². The molecule has 1 heterocycles. The van der Waals surface area contributed by atoms with Crippen molar-refractivity contribution in [3.63, 3.8) is 0 Å². The van der Waals surface area contributed by atoms with Crippen LogP contribution in [0.25, 0.3) is 0 Å². The monoisotopic (exact) mass is 216 g/mol. The van der Waals surface area contributed by atoms with Gasteiger partial charge >= 0.3 is 0 Å². The van der Waals surface area contributed by atoms with Crippen molar-refractivity contribution in [2.45, 2.75) is 13.8 Å². The van der Waals surface area contributed by atoms with Crippen LogP contribution < -0.4 is 9.47 Å². The molecule has 14 heavy (non-hydrogen) atoms. The summed E-state index contributed by atoms with van der Waals surface area (Å²) >= 11 is 5.79. The van der Waals surface area contributed by atoms with Gasteiger partial charge in [-0.3, -0.25) is 0 Å². The van der Waals surface area contributed by atoms with Gasteiger partial charge in [0.1, 0.15) is 6.33 Å². The Morgan fingerprint density at radius 1 is 1.43 bits per heavy atom. The second-order valence-corrected chi connectivity index (χ2v) is 3.57. The highest BCUT2D eigenvalue weighted by molar-refractivity contribution is 6.31. The summed E-state index contributed by atoms with van der Waals surface area (Å²) < 4.78 is 10.4. The summed E-state index contributed by atoms with van der Waals surface area (Å²) in [7, 11) is 1.51. The van der Waals surface area contributed by atoms with Crippen molar-refractivity contribution in [2.75, 3.05) is 13.7 Å². The molecule has 5 heteroatoms.